The molecule has 0 bridgehead atoms. The molecule has 5 nitrogen and oxygen atoms in total. The lowest BCUT2D eigenvalue weighted by Gasteiger charge is -2.34. The number of nitrogens with zero attached hydrogens (tertiary/aromatic N) is 1. The largest absolute Gasteiger partial charge is 0.460 e. The first-order chi connectivity index (χ1) is 11.5. The van der Waals surface area contributed by atoms with E-state index in [4.69, 9.17) is 9.47 Å². The first-order valence-corrected chi connectivity index (χ1v) is 9.40. The molecule has 0 aliphatic carbocycles. The van der Waals surface area contributed by atoms with Crippen molar-refractivity contribution in [3.05, 3.63) is 35.9 Å². The highest BCUT2D eigenvalue weighted by Crippen LogP contribution is 2.20. The minimum atomic E-state index is -0.532. The fourth-order valence-corrected chi connectivity index (χ4v) is 2.38. The van der Waals surface area contributed by atoms with Crippen LogP contribution in [-0.4, -0.2) is 39.1 Å². The second kappa shape index (κ2) is 9.52. The third-order valence-corrected chi connectivity index (χ3v) is 3.67. The van der Waals surface area contributed by atoms with Crippen LogP contribution in [0.15, 0.2) is 30.3 Å². The zero-order valence-electron chi connectivity index (χ0n) is 15.7. The Kier molecular flexibility index (Phi) is 8.34. The van der Waals surface area contributed by atoms with Crippen molar-refractivity contribution >= 4 is 34.5 Å². The fraction of sp³-hybridized carbons (Fsp3) is 0.579. The Morgan fingerprint density at radius 3 is 2.16 bits per heavy atom. The van der Waals surface area contributed by atoms with Crippen LogP contribution in [0.4, 0.5) is 0 Å². The van der Waals surface area contributed by atoms with Gasteiger partial charge >= 0.3 is 11.9 Å². The van der Waals surface area contributed by atoms with E-state index in [1.807, 2.05) is 69.9 Å². The maximum absolute atomic E-state index is 12.2. The molecule has 0 heterocycles. The van der Waals surface area contributed by atoms with Crippen molar-refractivity contribution in [1.82, 2.24) is 4.90 Å². The van der Waals surface area contributed by atoms with Crippen molar-refractivity contribution < 1.29 is 19.1 Å². The summed E-state index contributed by atoms with van der Waals surface area (Å²) in [6.07, 6.45) is 0.232. The fourth-order valence-electron chi connectivity index (χ4n) is 2.14. The number of hydrogen-bond acceptors (Lipinski definition) is 5. The Labute approximate surface area is 164 Å². The highest BCUT2D eigenvalue weighted by molar-refractivity contribution is 14.1. The minimum Gasteiger partial charge on any atom is -0.460 e. The van der Waals surface area contributed by atoms with E-state index in [1.54, 1.807) is 0 Å². The molecule has 0 aliphatic heterocycles. The summed E-state index contributed by atoms with van der Waals surface area (Å²) in [4.78, 5) is 26.0. The average molecular weight is 461 g/mol. The molecular weight excluding hydrogens is 433 g/mol. The summed E-state index contributed by atoms with van der Waals surface area (Å²) in [6, 6.07) is 9.56. The summed E-state index contributed by atoms with van der Waals surface area (Å²) >= 11 is 2.07. The molecule has 1 aromatic carbocycles. The number of alkyl halides is 1. The normalized spacial score (nSPS) is 12.1. The van der Waals surface area contributed by atoms with Gasteiger partial charge in [0.1, 0.15) is 6.61 Å². The van der Waals surface area contributed by atoms with E-state index in [9.17, 15) is 9.59 Å². The average Bonchev–Trinajstić information content (AvgIpc) is 2.47. The number of esters is 2. The molecule has 0 amide bonds. The molecule has 0 unspecified atom stereocenters. The number of halogens is 1. The van der Waals surface area contributed by atoms with Gasteiger partial charge in [0, 0.05) is 12.1 Å². The van der Waals surface area contributed by atoms with Gasteiger partial charge in [0.2, 0.25) is 0 Å². The monoisotopic (exact) mass is 461 g/mol. The zero-order valence-corrected chi connectivity index (χ0v) is 17.8. The van der Waals surface area contributed by atoms with E-state index in [1.165, 1.54) is 0 Å². The Morgan fingerprint density at radius 2 is 1.64 bits per heavy atom. The Hall–Kier alpha value is -1.15. The van der Waals surface area contributed by atoms with Crippen molar-refractivity contribution in [3.8, 4) is 0 Å². The van der Waals surface area contributed by atoms with E-state index < -0.39 is 3.61 Å². The number of benzene rings is 1. The smallest absolute Gasteiger partial charge is 0.320 e. The summed E-state index contributed by atoms with van der Waals surface area (Å²) in [5.41, 5.74) is 0.692. The lowest BCUT2D eigenvalue weighted by Crippen LogP contribution is -2.46. The number of hydrogen-bond donors (Lipinski definition) is 0. The van der Waals surface area contributed by atoms with Crippen LogP contribution in [0.5, 0.6) is 0 Å². The molecule has 0 saturated carbocycles. The van der Waals surface area contributed by atoms with E-state index in [-0.39, 0.29) is 37.0 Å². The van der Waals surface area contributed by atoms with Gasteiger partial charge in [0.05, 0.1) is 13.0 Å². The number of carbonyl (C=O) groups is 2. The number of rotatable bonds is 8. The summed E-state index contributed by atoms with van der Waals surface area (Å²) in [6.45, 7) is 10.5. The molecule has 0 saturated heterocycles. The Bertz CT molecular complexity index is 561. The predicted molar refractivity (Wildman–Crippen MR) is 106 cm³/mol. The van der Waals surface area contributed by atoms with Gasteiger partial charge in [-0.25, -0.2) is 0 Å². The molecule has 6 heteroatoms. The minimum absolute atomic E-state index is 0.136. The second-order valence-electron chi connectivity index (χ2n) is 7.33. The molecule has 0 aromatic heterocycles. The van der Waals surface area contributed by atoms with Crippen LogP contribution in [0.1, 0.15) is 46.6 Å². The number of carbonyl (C=O) groups excluding carboxylic acids is 2. The van der Waals surface area contributed by atoms with Crippen LogP contribution in [0, 0.1) is 0 Å². The van der Waals surface area contributed by atoms with Crippen molar-refractivity contribution in [2.75, 3.05) is 13.1 Å². The van der Waals surface area contributed by atoms with E-state index in [2.05, 4.69) is 22.6 Å². The van der Waals surface area contributed by atoms with Crippen LogP contribution in [0.2, 0.25) is 0 Å². The Morgan fingerprint density at radius 1 is 1.04 bits per heavy atom. The first kappa shape index (κ1) is 21.9. The van der Waals surface area contributed by atoms with Gasteiger partial charge in [0.15, 0.2) is 3.61 Å². The van der Waals surface area contributed by atoms with Crippen LogP contribution in [0.3, 0.4) is 0 Å². The van der Waals surface area contributed by atoms with Gasteiger partial charge < -0.3 is 9.47 Å². The summed E-state index contributed by atoms with van der Waals surface area (Å²) in [5, 5.41) is 0. The molecule has 1 aromatic rings. The SMILES string of the molecule is CC(C)(I)OC(=O)CCN(CC(=O)OCc1ccccc1)C(C)(C)C. The van der Waals surface area contributed by atoms with Crippen LogP contribution < -0.4 is 0 Å². The van der Waals surface area contributed by atoms with E-state index in [0.29, 0.717) is 6.54 Å². The third-order valence-electron chi connectivity index (χ3n) is 3.45. The zero-order chi connectivity index (χ0) is 19.1. The van der Waals surface area contributed by atoms with Gasteiger partial charge in [0.25, 0.3) is 0 Å². The van der Waals surface area contributed by atoms with Crippen LogP contribution in [0.25, 0.3) is 0 Å². The maximum Gasteiger partial charge on any atom is 0.320 e. The van der Waals surface area contributed by atoms with Crippen molar-refractivity contribution in [2.45, 2.75) is 56.8 Å². The van der Waals surface area contributed by atoms with E-state index in [0.717, 1.165) is 5.56 Å². The lowest BCUT2D eigenvalue weighted by atomic mass is 10.1. The van der Waals surface area contributed by atoms with Gasteiger partial charge in [-0.1, -0.05) is 30.3 Å². The standard InChI is InChI=1S/C19H28INO4/c1-18(2,3)21(12-11-16(22)25-19(4,5)20)13-17(23)24-14-15-9-7-6-8-10-15/h6-10H,11-14H2,1-5H3. The lowest BCUT2D eigenvalue weighted by molar-refractivity contribution is -0.152. The molecule has 1 rings (SSSR count). The molecule has 0 fully saturated rings. The second-order valence-corrected chi connectivity index (χ2v) is 9.92. The molecule has 0 atom stereocenters. The van der Waals surface area contributed by atoms with Gasteiger partial charge in [-0.15, -0.1) is 0 Å². The quantitative estimate of drug-likeness (QED) is 0.334. The van der Waals surface area contributed by atoms with Crippen LogP contribution in [-0.2, 0) is 25.7 Å². The van der Waals surface area contributed by atoms with Crippen molar-refractivity contribution in [1.29, 1.82) is 0 Å². The summed E-state index contributed by atoms with van der Waals surface area (Å²) in [7, 11) is 0. The molecule has 0 radical (unpaired) electrons. The van der Waals surface area contributed by atoms with Gasteiger partial charge in [-0.3, -0.25) is 14.5 Å². The molecule has 25 heavy (non-hydrogen) atoms. The van der Waals surface area contributed by atoms with Gasteiger partial charge in [-0.05, 0) is 62.8 Å². The van der Waals surface area contributed by atoms with Gasteiger partial charge in [-0.2, -0.15) is 0 Å². The summed E-state index contributed by atoms with van der Waals surface area (Å²) in [5.74, 6) is -0.576. The molecule has 140 valence electrons. The number of ether oxygens (including phenoxy) is 2. The third kappa shape index (κ3) is 9.79. The maximum atomic E-state index is 12.2. The Balaban J connectivity index is 2.52. The highest BCUT2D eigenvalue weighted by atomic mass is 127. The van der Waals surface area contributed by atoms with Crippen LogP contribution >= 0.6 is 22.6 Å². The molecule has 0 aliphatic rings. The molecular formula is C19H28INO4. The summed E-state index contributed by atoms with van der Waals surface area (Å²) < 4.78 is 10.1. The van der Waals surface area contributed by atoms with Crippen molar-refractivity contribution in [3.63, 3.8) is 0 Å². The van der Waals surface area contributed by atoms with Crippen molar-refractivity contribution in [2.24, 2.45) is 0 Å². The van der Waals surface area contributed by atoms with E-state index >= 15 is 0 Å². The topological polar surface area (TPSA) is 55.8 Å². The molecule has 0 N–H and O–H groups in total. The predicted octanol–water partition coefficient (Wildman–Crippen LogP) is 3.93. The first-order valence-electron chi connectivity index (χ1n) is 8.33. The molecule has 0 spiro atoms. The highest BCUT2D eigenvalue weighted by Gasteiger charge is 2.26.